The molecule has 0 saturated carbocycles. The minimum atomic E-state index is -0.169. The molecule has 0 aliphatic carbocycles. The van der Waals surface area contributed by atoms with Crippen LogP contribution in [0.2, 0.25) is 0 Å². The van der Waals surface area contributed by atoms with E-state index in [0.717, 1.165) is 60.5 Å². The van der Waals surface area contributed by atoms with Crippen LogP contribution in [0.3, 0.4) is 0 Å². The van der Waals surface area contributed by atoms with Gasteiger partial charge in [-0.2, -0.15) is 5.10 Å². The predicted molar refractivity (Wildman–Crippen MR) is 127 cm³/mol. The maximum absolute atomic E-state index is 13.2. The summed E-state index contributed by atoms with van der Waals surface area (Å²) in [6.45, 7) is 5.91. The molecule has 0 bridgehead atoms. The van der Waals surface area contributed by atoms with Gasteiger partial charge in [0, 0.05) is 43.4 Å². The number of ether oxygens (including phenoxy) is 1. The first-order valence-corrected chi connectivity index (χ1v) is 11.8. The molecule has 1 N–H and O–H groups in total. The third-order valence-corrected chi connectivity index (χ3v) is 7.05. The number of nitrogens with zero attached hydrogens (tertiary/aromatic N) is 3. The molecule has 0 radical (unpaired) electrons. The number of carbonyl (C=O) groups is 2. The van der Waals surface area contributed by atoms with Crippen molar-refractivity contribution < 1.29 is 14.3 Å². The number of hydrogen-bond acceptors (Lipinski definition) is 4. The van der Waals surface area contributed by atoms with Crippen molar-refractivity contribution in [2.24, 2.45) is 12.5 Å². The van der Waals surface area contributed by atoms with Crippen LogP contribution in [0.1, 0.15) is 41.8 Å². The van der Waals surface area contributed by atoms with Gasteiger partial charge >= 0.3 is 0 Å². The molecule has 2 aliphatic heterocycles. The van der Waals surface area contributed by atoms with E-state index in [0.29, 0.717) is 19.5 Å². The summed E-state index contributed by atoms with van der Waals surface area (Å²) < 4.78 is 7.62. The van der Waals surface area contributed by atoms with Gasteiger partial charge in [0.1, 0.15) is 5.75 Å². The molecule has 3 heterocycles. The van der Waals surface area contributed by atoms with Crippen LogP contribution in [0, 0.1) is 19.3 Å². The average Bonchev–Trinajstić information content (AvgIpc) is 3.05. The Labute approximate surface area is 195 Å². The summed E-state index contributed by atoms with van der Waals surface area (Å²) in [6, 6.07) is 7.84. The van der Waals surface area contributed by atoms with Gasteiger partial charge in [-0.1, -0.05) is 30.4 Å². The molecule has 7 nitrogen and oxygen atoms in total. The second kappa shape index (κ2) is 9.81. The van der Waals surface area contributed by atoms with Gasteiger partial charge < -0.3 is 15.0 Å². The van der Waals surface area contributed by atoms with E-state index in [2.05, 4.69) is 22.6 Å². The summed E-state index contributed by atoms with van der Waals surface area (Å²) in [5, 5.41) is 7.53. The molecule has 2 aliphatic rings. The largest absolute Gasteiger partial charge is 0.483 e. The number of rotatable bonds is 2. The van der Waals surface area contributed by atoms with E-state index in [1.807, 2.05) is 54.7 Å². The third-order valence-electron chi connectivity index (χ3n) is 7.05. The number of piperidine rings is 1. The normalized spacial score (nSPS) is 22.5. The number of aryl methyl sites for hydroxylation is 2. The van der Waals surface area contributed by atoms with Gasteiger partial charge in [0.2, 0.25) is 5.91 Å². The number of aromatic nitrogens is 2. The van der Waals surface area contributed by atoms with E-state index in [9.17, 15) is 9.59 Å². The van der Waals surface area contributed by atoms with Crippen molar-refractivity contribution in [3.05, 3.63) is 58.9 Å². The summed E-state index contributed by atoms with van der Waals surface area (Å²) >= 11 is 0. The number of hydrogen-bond donors (Lipinski definition) is 1. The maximum Gasteiger partial charge on any atom is 0.257 e. The molecule has 7 heteroatoms. The summed E-state index contributed by atoms with van der Waals surface area (Å²) in [5.41, 5.74) is 3.87. The van der Waals surface area contributed by atoms with Crippen LogP contribution < -0.4 is 10.1 Å². The Balaban J connectivity index is 1.50. The third kappa shape index (κ3) is 5.29. The first-order valence-electron chi connectivity index (χ1n) is 11.8. The molecule has 1 spiro atoms. The average molecular weight is 451 g/mol. The van der Waals surface area contributed by atoms with Gasteiger partial charge in [0.05, 0.1) is 12.1 Å². The van der Waals surface area contributed by atoms with Crippen LogP contribution in [0.15, 0.2) is 36.4 Å². The molecule has 1 aromatic carbocycles. The molecule has 176 valence electrons. The highest BCUT2D eigenvalue weighted by molar-refractivity contribution is 5.80. The van der Waals surface area contributed by atoms with Gasteiger partial charge in [0.15, 0.2) is 6.61 Å². The zero-order valence-corrected chi connectivity index (χ0v) is 19.9. The summed E-state index contributed by atoms with van der Waals surface area (Å²) in [7, 11) is 1.91. The van der Waals surface area contributed by atoms with E-state index in [4.69, 9.17) is 4.74 Å². The van der Waals surface area contributed by atoms with Crippen LogP contribution in [-0.4, -0.2) is 52.7 Å². The second-order valence-corrected chi connectivity index (χ2v) is 9.42. The molecular formula is C26H34N4O3. The standard InChI is InChI=1S/C26H34N4O3/c1-19-22(20(2)29(3)28-19)15-25(32)30-14-8-13-26(18-30)12-7-6-10-21-9-4-5-11-23(21)33-16-24(31)27-17-26/h4-7,9,11H,8,10,12-18H2,1-3H3,(H,27,31)/b7-6+. The van der Waals surface area contributed by atoms with Gasteiger partial charge in [-0.3, -0.25) is 14.3 Å². The topological polar surface area (TPSA) is 76.5 Å². The zero-order valence-electron chi connectivity index (χ0n) is 19.9. The van der Waals surface area contributed by atoms with Gasteiger partial charge in [-0.15, -0.1) is 0 Å². The number of para-hydroxylation sites is 1. The highest BCUT2D eigenvalue weighted by Crippen LogP contribution is 2.34. The van der Waals surface area contributed by atoms with Crippen molar-refractivity contribution in [3.63, 3.8) is 0 Å². The minimum absolute atomic E-state index is 0.000979. The lowest BCUT2D eigenvalue weighted by atomic mass is 9.76. The molecule has 2 amide bonds. The number of benzene rings is 1. The Morgan fingerprint density at radius 2 is 2.06 bits per heavy atom. The lowest BCUT2D eigenvalue weighted by molar-refractivity contribution is -0.134. The smallest absolute Gasteiger partial charge is 0.257 e. The summed E-state index contributed by atoms with van der Waals surface area (Å²) in [6.07, 6.45) is 8.24. The van der Waals surface area contributed by atoms with E-state index in [1.54, 1.807) is 0 Å². The second-order valence-electron chi connectivity index (χ2n) is 9.42. The summed E-state index contributed by atoms with van der Waals surface area (Å²) in [4.78, 5) is 27.8. The Morgan fingerprint density at radius 1 is 1.24 bits per heavy atom. The molecule has 1 unspecified atom stereocenters. The van der Waals surface area contributed by atoms with E-state index >= 15 is 0 Å². The first-order chi connectivity index (χ1) is 15.9. The minimum Gasteiger partial charge on any atom is -0.483 e. The molecule has 1 fully saturated rings. The highest BCUT2D eigenvalue weighted by Gasteiger charge is 2.37. The van der Waals surface area contributed by atoms with Crippen LogP contribution in [0.4, 0.5) is 0 Å². The van der Waals surface area contributed by atoms with E-state index in [-0.39, 0.29) is 23.8 Å². The fourth-order valence-corrected chi connectivity index (χ4v) is 4.98. The van der Waals surface area contributed by atoms with E-state index in [1.165, 1.54) is 0 Å². The maximum atomic E-state index is 13.2. The van der Waals surface area contributed by atoms with Gasteiger partial charge in [-0.25, -0.2) is 0 Å². The molecule has 2 aromatic rings. The number of fused-ring (bicyclic) bond motifs is 1. The Kier molecular flexibility index (Phi) is 6.86. The lowest BCUT2D eigenvalue weighted by Gasteiger charge is -2.43. The van der Waals surface area contributed by atoms with Crippen LogP contribution in [-0.2, 0) is 29.5 Å². The van der Waals surface area contributed by atoms with Crippen LogP contribution in [0.25, 0.3) is 0 Å². The van der Waals surface area contributed by atoms with Crippen molar-refractivity contribution in [2.45, 2.75) is 46.0 Å². The van der Waals surface area contributed by atoms with Crippen LogP contribution >= 0.6 is 0 Å². The van der Waals surface area contributed by atoms with Gasteiger partial charge in [0.25, 0.3) is 5.91 Å². The zero-order chi connectivity index (χ0) is 23.4. The Hall–Kier alpha value is -3.09. The molecule has 4 rings (SSSR count). The monoisotopic (exact) mass is 450 g/mol. The number of carbonyl (C=O) groups excluding carboxylic acids is 2. The molecule has 1 aromatic heterocycles. The van der Waals surface area contributed by atoms with Crippen molar-refractivity contribution >= 4 is 11.8 Å². The summed E-state index contributed by atoms with van der Waals surface area (Å²) in [5.74, 6) is 0.758. The SMILES string of the molecule is Cc1nn(C)c(C)c1CC(=O)N1CCCC2(C/C=C/Cc3ccccc3OCC(=O)NC2)C1. The lowest BCUT2D eigenvalue weighted by Crippen LogP contribution is -2.51. The predicted octanol–water partition coefficient (Wildman–Crippen LogP) is 2.89. The molecule has 1 saturated heterocycles. The van der Waals surface area contributed by atoms with Gasteiger partial charge in [-0.05, 0) is 51.2 Å². The number of nitrogens with one attached hydrogen (secondary N) is 1. The van der Waals surface area contributed by atoms with E-state index < -0.39 is 0 Å². The fourth-order valence-electron chi connectivity index (χ4n) is 4.98. The molecule has 33 heavy (non-hydrogen) atoms. The highest BCUT2D eigenvalue weighted by atomic mass is 16.5. The molecular weight excluding hydrogens is 416 g/mol. The van der Waals surface area contributed by atoms with Crippen molar-refractivity contribution in [1.82, 2.24) is 20.0 Å². The number of amides is 2. The Morgan fingerprint density at radius 3 is 2.85 bits per heavy atom. The first kappa shape index (κ1) is 23.1. The number of likely N-dealkylation sites (tertiary alicyclic amines) is 1. The molecule has 1 atom stereocenters. The van der Waals surface area contributed by atoms with Crippen molar-refractivity contribution in [1.29, 1.82) is 0 Å². The Bertz CT molecular complexity index is 1060. The fraction of sp³-hybridized carbons (Fsp3) is 0.500. The quantitative estimate of drug-likeness (QED) is 0.714. The van der Waals surface area contributed by atoms with Crippen molar-refractivity contribution in [2.75, 3.05) is 26.2 Å². The van der Waals surface area contributed by atoms with Crippen molar-refractivity contribution in [3.8, 4) is 5.75 Å². The number of allylic oxidation sites excluding steroid dienone is 2. The van der Waals surface area contributed by atoms with Crippen LogP contribution in [0.5, 0.6) is 5.75 Å².